The van der Waals surface area contributed by atoms with Crippen molar-refractivity contribution < 1.29 is 0 Å². The number of nitrogens with one attached hydrogen (secondary N) is 3. The van der Waals surface area contributed by atoms with Crippen molar-refractivity contribution in [3.05, 3.63) is 419 Å². The largest absolute Gasteiger partial charge is 0.354 e. The van der Waals surface area contributed by atoms with Crippen LogP contribution in [0, 0.1) is 0 Å². The van der Waals surface area contributed by atoms with E-state index in [-0.39, 0.29) is 0 Å². The van der Waals surface area contributed by atoms with Gasteiger partial charge >= 0.3 is 0 Å². The molecule has 0 radical (unpaired) electrons. The summed E-state index contributed by atoms with van der Waals surface area (Å²) in [6.07, 6.45) is 0. The number of thiophene rings is 3. The van der Waals surface area contributed by atoms with Gasteiger partial charge in [0.2, 0.25) is 0 Å². The third-order valence-electron chi connectivity index (χ3n) is 26.5. The minimum absolute atomic E-state index is 1.17. The molecule has 0 atom stereocenters. The van der Waals surface area contributed by atoms with Gasteiger partial charge in [-0.05, 0) is 195 Å². The third kappa shape index (κ3) is 11.4. The Hall–Kier alpha value is -15.9. The SMILES string of the molecule is c1ccc(-c2ccc(-n3c4ccccc4c4cc5c(cc43)sc3cc4c(cc35)[nH]c3ccccc34)cc2)cc1.c1ccc(-c2cccc(-n3c4ccccc4c4cc5c(cc43)sc3cc4c(cc35)[nH]c3ccccc34)c2)cc1.c1ccc(-c2ccccc2-n2c3ccccc3c3cc4c(cc32)sc2cc3c(cc24)[nH]c2ccc(-c4cccc5ccccc45)cc23)cc1. The summed E-state index contributed by atoms with van der Waals surface area (Å²) in [6, 6.07) is 153. The molecule has 9 heteroatoms. The monoisotopic (exact) mass is 1670 g/mol. The molecule has 0 aliphatic heterocycles. The Morgan fingerprint density at radius 3 is 1.06 bits per heavy atom. The molecule has 29 aromatic rings. The average Bonchev–Trinajstić information content (AvgIpc) is 1.57. The minimum Gasteiger partial charge on any atom is -0.354 e. The van der Waals surface area contributed by atoms with E-state index < -0.39 is 0 Å². The van der Waals surface area contributed by atoms with Crippen LogP contribution in [0.15, 0.2) is 419 Å². The lowest BCUT2D eigenvalue weighted by Crippen LogP contribution is -1.96. The van der Waals surface area contributed by atoms with Crippen LogP contribution >= 0.6 is 34.0 Å². The number of nitrogens with zero attached hydrogens (tertiary/aromatic N) is 3. The smallest absolute Gasteiger partial charge is 0.0555 e. The molecule has 9 aromatic heterocycles. The van der Waals surface area contributed by atoms with Gasteiger partial charge in [-0.3, -0.25) is 0 Å². The Labute approximate surface area is 739 Å². The van der Waals surface area contributed by atoms with E-state index in [1.165, 1.54) is 264 Å². The molecule has 9 heterocycles. The number of fused-ring (bicyclic) bond motifs is 28. The number of aromatic amines is 3. The Kier molecular flexibility index (Phi) is 16.0. The molecule has 127 heavy (non-hydrogen) atoms. The summed E-state index contributed by atoms with van der Waals surface area (Å²) in [4.78, 5) is 11.0. The quantitative estimate of drug-likeness (QED) is 0.142. The second-order valence-corrected chi connectivity index (χ2v) is 36.9. The number of H-pyrrole nitrogens is 3. The maximum absolute atomic E-state index is 3.76. The van der Waals surface area contributed by atoms with Crippen molar-refractivity contribution >= 4 is 236 Å². The van der Waals surface area contributed by atoms with Crippen LogP contribution in [0.25, 0.3) is 264 Å². The van der Waals surface area contributed by atoms with Crippen molar-refractivity contribution in [2.45, 2.75) is 0 Å². The number of para-hydroxylation sites is 6. The third-order valence-corrected chi connectivity index (χ3v) is 29.9. The highest BCUT2D eigenvalue weighted by atomic mass is 32.1. The zero-order chi connectivity index (χ0) is 83.1. The number of rotatable bonds is 7. The van der Waals surface area contributed by atoms with Crippen LogP contribution in [0.5, 0.6) is 0 Å². The summed E-state index contributed by atoms with van der Waals surface area (Å²) >= 11 is 5.67. The highest BCUT2D eigenvalue weighted by Gasteiger charge is 2.24. The number of aromatic nitrogens is 6. The predicted molar refractivity (Wildman–Crippen MR) is 548 cm³/mol. The molecular formula is C118H72N6S3. The van der Waals surface area contributed by atoms with Gasteiger partial charge in [0.05, 0.1) is 38.8 Å². The van der Waals surface area contributed by atoms with Crippen molar-refractivity contribution in [2.24, 2.45) is 0 Å². The van der Waals surface area contributed by atoms with Gasteiger partial charge in [-0.15, -0.1) is 34.0 Å². The first-order valence-corrected chi connectivity index (χ1v) is 45.8. The van der Waals surface area contributed by atoms with Gasteiger partial charge in [-0.2, -0.15) is 0 Å². The van der Waals surface area contributed by atoms with E-state index in [0.29, 0.717) is 0 Å². The molecule has 0 unspecified atom stereocenters. The maximum Gasteiger partial charge on any atom is 0.0555 e. The van der Waals surface area contributed by atoms with Crippen molar-refractivity contribution in [1.82, 2.24) is 28.7 Å². The summed E-state index contributed by atoms with van der Waals surface area (Å²) < 4.78 is 15.2. The van der Waals surface area contributed by atoms with Crippen molar-refractivity contribution in [1.29, 1.82) is 0 Å². The van der Waals surface area contributed by atoms with Crippen molar-refractivity contribution in [2.75, 3.05) is 0 Å². The van der Waals surface area contributed by atoms with Gasteiger partial charge in [0.1, 0.15) is 0 Å². The maximum atomic E-state index is 3.76. The number of hydrogen-bond acceptors (Lipinski definition) is 3. The fraction of sp³-hybridized carbons (Fsp3) is 0. The predicted octanol–water partition coefficient (Wildman–Crippen LogP) is 34.2. The van der Waals surface area contributed by atoms with E-state index in [9.17, 15) is 0 Å². The van der Waals surface area contributed by atoms with Crippen LogP contribution in [-0.2, 0) is 0 Å². The molecular weight excluding hydrogens is 1600 g/mol. The summed E-state index contributed by atoms with van der Waals surface area (Å²) in [7, 11) is 0. The van der Waals surface area contributed by atoms with Crippen LogP contribution < -0.4 is 0 Å². The van der Waals surface area contributed by atoms with Crippen molar-refractivity contribution in [3.8, 4) is 61.6 Å². The molecule has 0 aliphatic rings. The van der Waals surface area contributed by atoms with Gasteiger partial charge in [-0.1, -0.05) is 273 Å². The Morgan fingerprint density at radius 1 is 0.157 bits per heavy atom. The first kappa shape index (κ1) is 71.7. The molecule has 0 bridgehead atoms. The highest BCUT2D eigenvalue weighted by Crippen LogP contribution is 2.49. The normalized spacial score (nSPS) is 12.1. The lowest BCUT2D eigenvalue weighted by Gasteiger charge is -2.14. The Balaban J connectivity index is 0.0000000997. The fourth-order valence-corrected chi connectivity index (χ4v) is 24.1. The molecule has 0 aliphatic carbocycles. The van der Waals surface area contributed by atoms with Crippen LogP contribution in [0.4, 0.5) is 0 Å². The molecule has 20 aromatic carbocycles. The molecule has 0 fully saturated rings. The van der Waals surface area contributed by atoms with Crippen LogP contribution in [0.1, 0.15) is 0 Å². The van der Waals surface area contributed by atoms with E-state index in [4.69, 9.17) is 0 Å². The summed E-state index contributed by atoms with van der Waals surface area (Å²) in [5.74, 6) is 0. The molecule has 0 spiro atoms. The first-order valence-electron chi connectivity index (χ1n) is 43.3. The lowest BCUT2D eigenvalue weighted by atomic mass is 9.97. The molecule has 0 saturated heterocycles. The van der Waals surface area contributed by atoms with E-state index in [0.717, 1.165) is 0 Å². The molecule has 6 nitrogen and oxygen atoms in total. The molecule has 0 saturated carbocycles. The van der Waals surface area contributed by atoms with Gasteiger partial charge in [0, 0.05) is 175 Å². The molecule has 3 N–H and O–H groups in total. The summed E-state index contributed by atoms with van der Waals surface area (Å²) in [5.41, 5.74) is 28.0. The second kappa shape index (κ2) is 28.3. The van der Waals surface area contributed by atoms with Gasteiger partial charge in [0.25, 0.3) is 0 Å². The first-order chi connectivity index (χ1) is 62.9. The average molecular weight is 1670 g/mol. The molecule has 0 amide bonds. The molecule has 592 valence electrons. The zero-order valence-electron chi connectivity index (χ0n) is 68.4. The number of hydrogen-bond donors (Lipinski definition) is 3. The van der Waals surface area contributed by atoms with E-state index >= 15 is 0 Å². The van der Waals surface area contributed by atoms with Crippen LogP contribution in [0.2, 0.25) is 0 Å². The van der Waals surface area contributed by atoms with Crippen LogP contribution in [-0.4, -0.2) is 28.7 Å². The van der Waals surface area contributed by atoms with Crippen molar-refractivity contribution in [3.63, 3.8) is 0 Å². The van der Waals surface area contributed by atoms with Gasteiger partial charge in [0.15, 0.2) is 0 Å². The van der Waals surface area contributed by atoms with E-state index in [2.05, 4.69) is 447 Å². The van der Waals surface area contributed by atoms with E-state index in [1.807, 2.05) is 34.0 Å². The Morgan fingerprint density at radius 2 is 0.512 bits per heavy atom. The van der Waals surface area contributed by atoms with Crippen LogP contribution in [0.3, 0.4) is 0 Å². The van der Waals surface area contributed by atoms with Gasteiger partial charge < -0.3 is 28.7 Å². The standard InChI is InChI=1S/C46H28N2S.2C36H22N2S/c1-2-11-29(12-3-1)33-16-6-8-19-42(33)48-43-20-9-7-17-34(43)37-24-38-39-25-41-36(26-45(39)49-46(38)27-44(37)48)35-23-30(21-22-40(35)47-41)32-18-10-14-28-13-4-5-15-31(28)32;1-2-9-22(10-3-1)23-11-8-12-24(17-23)38-33-16-7-5-14-26(33)28-18-29-30-19-32-27(25-13-4-6-15-31(25)37-32)20-35(30)39-36(29)21-34(28)38;1-2-8-22(9-3-1)23-14-16-24(17-15-23)38-33-13-7-5-11-26(33)28-18-29-30-19-32-27(25-10-4-6-12-31(25)37-32)20-35(30)39-36(29)21-34(28)38/h1-27,47H;2*1-21,37H. The topological polar surface area (TPSA) is 62.2 Å². The van der Waals surface area contributed by atoms with E-state index in [1.54, 1.807) is 0 Å². The molecule has 29 rings (SSSR count). The summed E-state index contributed by atoms with van der Waals surface area (Å²) in [5, 5.41) is 25.8. The minimum atomic E-state index is 1.17. The zero-order valence-corrected chi connectivity index (χ0v) is 70.9. The number of benzene rings is 20. The fourth-order valence-electron chi connectivity index (χ4n) is 20.7. The highest BCUT2D eigenvalue weighted by molar-refractivity contribution is 7.26. The van der Waals surface area contributed by atoms with Gasteiger partial charge in [-0.25, -0.2) is 0 Å². The summed E-state index contributed by atoms with van der Waals surface area (Å²) in [6.45, 7) is 0. The lowest BCUT2D eigenvalue weighted by molar-refractivity contribution is 1.18. The Bertz CT molecular complexity index is 9600. The second-order valence-electron chi connectivity index (χ2n) is 33.6.